The molecule has 0 amide bonds. The molecular formula is C9H17N3. The maximum absolute atomic E-state index is 5.75. The molecular weight excluding hydrogens is 150 g/mol. The molecule has 1 aliphatic carbocycles. The molecule has 1 fully saturated rings. The van der Waals surface area contributed by atoms with E-state index in [1.807, 2.05) is 0 Å². The van der Waals surface area contributed by atoms with Crippen LogP contribution in [0.5, 0.6) is 0 Å². The molecule has 0 aromatic rings. The molecule has 68 valence electrons. The largest absolute Gasteiger partial charge is 0.370 e. The van der Waals surface area contributed by atoms with Crippen LogP contribution in [0, 0.1) is 5.41 Å². The Labute approximate surface area is 73.6 Å². The zero-order valence-electron chi connectivity index (χ0n) is 8.09. The lowest BCUT2D eigenvalue weighted by Crippen LogP contribution is -2.52. The van der Waals surface area contributed by atoms with Gasteiger partial charge in [0, 0.05) is 7.05 Å². The SMILES string of the molecule is CN1C(N)=NCC1(C)C1(C)CC1. The molecule has 0 radical (unpaired) electrons. The quantitative estimate of drug-likeness (QED) is 0.627. The maximum Gasteiger partial charge on any atom is 0.191 e. The van der Waals surface area contributed by atoms with Gasteiger partial charge in [-0.3, -0.25) is 4.99 Å². The summed E-state index contributed by atoms with van der Waals surface area (Å²) < 4.78 is 0. The van der Waals surface area contributed by atoms with E-state index in [-0.39, 0.29) is 5.54 Å². The van der Waals surface area contributed by atoms with Gasteiger partial charge in [-0.2, -0.15) is 0 Å². The molecule has 1 atom stereocenters. The van der Waals surface area contributed by atoms with Gasteiger partial charge in [-0.1, -0.05) is 6.92 Å². The van der Waals surface area contributed by atoms with E-state index in [9.17, 15) is 0 Å². The number of likely N-dealkylation sites (N-methyl/N-ethyl adjacent to an activating group) is 1. The van der Waals surface area contributed by atoms with Crippen molar-refractivity contribution in [3.05, 3.63) is 0 Å². The number of rotatable bonds is 1. The van der Waals surface area contributed by atoms with Gasteiger partial charge >= 0.3 is 0 Å². The Morgan fingerprint density at radius 3 is 2.33 bits per heavy atom. The highest BCUT2D eigenvalue weighted by molar-refractivity contribution is 5.80. The van der Waals surface area contributed by atoms with Gasteiger partial charge < -0.3 is 10.6 Å². The van der Waals surface area contributed by atoms with Crippen molar-refractivity contribution in [3.63, 3.8) is 0 Å². The molecule has 2 rings (SSSR count). The van der Waals surface area contributed by atoms with Gasteiger partial charge in [-0.25, -0.2) is 0 Å². The fourth-order valence-corrected chi connectivity index (χ4v) is 2.02. The third-order valence-corrected chi connectivity index (χ3v) is 3.93. The molecule has 3 heteroatoms. The second kappa shape index (κ2) is 1.95. The Balaban J connectivity index is 2.25. The number of hydrogen-bond acceptors (Lipinski definition) is 3. The van der Waals surface area contributed by atoms with E-state index in [4.69, 9.17) is 5.73 Å². The van der Waals surface area contributed by atoms with E-state index >= 15 is 0 Å². The van der Waals surface area contributed by atoms with Crippen LogP contribution in [0.2, 0.25) is 0 Å². The van der Waals surface area contributed by atoms with Gasteiger partial charge in [0.25, 0.3) is 0 Å². The zero-order chi connectivity index (χ0) is 8.98. The summed E-state index contributed by atoms with van der Waals surface area (Å²) >= 11 is 0. The fourth-order valence-electron chi connectivity index (χ4n) is 2.02. The van der Waals surface area contributed by atoms with E-state index in [0.717, 1.165) is 6.54 Å². The second-order valence-electron chi connectivity index (χ2n) is 4.57. The molecule has 1 unspecified atom stereocenters. The maximum atomic E-state index is 5.75. The highest BCUT2D eigenvalue weighted by Crippen LogP contribution is 2.56. The van der Waals surface area contributed by atoms with Crippen molar-refractivity contribution < 1.29 is 0 Å². The number of aliphatic imine (C=N–C) groups is 1. The van der Waals surface area contributed by atoms with Gasteiger partial charge in [-0.05, 0) is 25.2 Å². The Morgan fingerprint density at radius 1 is 1.42 bits per heavy atom. The van der Waals surface area contributed by atoms with Crippen LogP contribution in [0.3, 0.4) is 0 Å². The topological polar surface area (TPSA) is 41.6 Å². The van der Waals surface area contributed by atoms with Crippen LogP contribution in [0.1, 0.15) is 26.7 Å². The highest BCUT2D eigenvalue weighted by atomic mass is 15.3. The first-order chi connectivity index (χ1) is 5.50. The number of nitrogens with two attached hydrogens (primary N) is 1. The molecule has 0 saturated heterocycles. The lowest BCUT2D eigenvalue weighted by molar-refractivity contribution is 0.157. The van der Waals surface area contributed by atoms with Crippen molar-refractivity contribution in [2.24, 2.45) is 16.1 Å². The molecule has 12 heavy (non-hydrogen) atoms. The molecule has 0 spiro atoms. The molecule has 0 aromatic heterocycles. The highest BCUT2D eigenvalue weighted by Gasteiger charge is 2.57. The third kappa shape index (κ3) is 0.740. The zero-order valence-corrected chi connectivity index (χ0v) is 8.09. The second-order valence-corrected chi connectivity index (χ2v) is 4.57. The van der Waals surface area contributed by atoms with Gasteiger partial charge in [-0.15, -0.1) is 0 Å². The Bertz CT molecular complexity index is 242. The molecule has 2 N–H and O–H groups in total. The normalized spacial score (nSPS) is 38.2. The predicted octanol–water partition coefficient (Wildman–Crippen LogP) is 0.805. The lowest BCUT2D eigenvalue weighted by Gasteiger charge is -2.39. The van der Waals surface area contributed by atoms with Crippen molar-refractivity contribution in [2.75, 3.05) is 13.6 Å². The average molecular weight is 167 g/mol. The van der Waals surface area contributed by atoms with Crippen LogP contribution in [0.15, 0.2) is 4.99 Å². The van der Waals surface area contributed by atoms with Crippen molar-refractivity contribution in [1.82, 2.24) is 4.90 Å². The van der Waals surface area contributed by atoms with E-state index in [1.165, 1.54) is 12.8 Å². The summed E-state index contributed by atoms with van der Waals surface area (Å²) in [5.74, 6) is 0.700. The number of nitrogens with zero attached hydrogens (tertiary/aromatic N) is 2. The summed E-state index contributed by atoms with van der Waals surface area (Å²) in [5.41, 5.74) is 6.38. The molecule has 2 aliphatic rings. The van der Waals surface area contributed by atoms with Crippen LogP contribution >= 0.6 is 0 Å². The minimum absolute atomic E-state index is 0.178. The molecule has 1 saturated carbocycles. The first-order valence-corrected chi connectivity index (χ1v) is 4.53. The van der Waals surface area contributed by atoms with E-state index < -0.39 is 0 Å². The molecule has 1 aliphatic heterocycles. The minimum Gasteiger partial charge on any atom is -0.370 e. The van der Waals surface area contributed by atoms with Crippen molar-refractivity contribution in [3.8, 4) is 0 Å². The van der Waals surface area contributed by atoms with Crippen LogP contribution < -0.4 is 5.73 Å². The smallest absolute Gasteiger partial charge is 0.191 e. The lowest BCUT2D eigenvalue weighted by atomic mass is 9.83. The first-order valence-electron chi connectivity index (χ1n) is 4.53. The van der Waals surface area contributed by atoms with Gasteiger partial charge in [0.15, 0.2) is 5.96 Å². The van der Waals surface area contributed by atoms with Crippen molar-refractivity contribution >= 4 is 5.96 Å². The molecule has 0 aromatic carbocycles. The van der Waals surface area contributed by atoms with E-state index in [2.05, 4.69) is 30.8 Å². The Morgan fingerprint density at radius 2 is 2.00 bits per heavy atom. The monoisotopic (exact) mass is 167 g/mol. The summed E-state index contributed by atoms with van der Waals surface area (Å²) in [7, 11) is 2.05. The summed E-state index contributed by atoms with van der Waals surface area (Å²) in [4.78, 5) is 6.44. The summed E-state index contributed by atoms with van der Waals surface area (Å²) in [5, 5.41) is 0. The summed E-state index contributed by atoms with van der Waals surface area (Å²) in [6.07, 6.45) is 2.63. The number of guanidine groups is 1. The van der Waals surface area contributed by atoms with Crippen molar-refractivity contribution in [2.45, 2.75) is 32.2 Å². The Kier molecular flexibility index (Phi) is 1.28. The van der Waals surface area contributed by atoms with Gasteiger partial charge in [0.05, 0.1) is 12.1 Å². The standard InChI is InChI=1S/C9H17N3/c1-8(4-5-8)9(2)6-11-7(10)12(9)3/h4-6H2,1-3H3,(H2,10,11). The minimum atomic E-state index is 0.178. The van der Waals surface area contributed by atoms with Crippen LogP contribution in [0.4, 0.5) is 0 Å². The van der Waals surface area contributed by atoms with Gasteiger partial charge in [0.1, 0.15) is 0 Å². The predicted molar refractivity (Wildman–Crippen MR) is 50.0 cm³/mol. The van der Waals surface area contributed by atoms with Crippen LogP contribution in [-0.4, -0.2) is 30.0 Å². The molecule has 1 heterocycles. The van der Waals surface area contributed by atoms with Gasteiger partial charge in [0.2, 0.25) is 0 Å². The summed E-state index contributed by atoms with van der Waals surface area (Å²) in [6.45, 7) is 5.47. The van der Waals surface area contributed by atoms with Crippen LogP contribution in [0.25, 0.3) is 0 Å². The average Bonchev–Trinajstić information content (AvgIpc) is 2.73. The number of hydrogen-bond donors (Lipinski definition) is 1. The first kappa shape index (κ1) is 7.90. The van der Waals surface area contributed by atoms with Crippen molar-refractivity contribution in [1.29, 1.82) is 0 Å². The van der Waals surface area contributed by atoms with E-state index in [1.54, 1.807) is 0 Å². The fraction of sp³-hybridized carbons (Fsp3) is 0.889. The molecule has 3 nitrogen and oxygen atoms in total. The third-order valence-electron chi connectivity index (χ3n) is 3.93. The molecule has 0 bridgehead atoms. The van der Waals surface area contributed by atoms with Crippen LogP contribution in [-0.2, 0) is 0 Å². The van der Waals surface area contributed by atoms with E-state index in [0.29, 0.717) is 11.4 Å². The summed E-state index contributed by atoms with van der Waals surface area (Å²) in [6, 6.07) is 0. The Hall–Kier alpha value is -0.730.